The molecular weight excluding hydrogens is 190 g/mol. The molecule has 1 N–H and O–H groups in total. The molecule has 1 saturated heterocycles. The van der Waals surface area contributed by atoms with E-state index < -0.39 is 0 Å². The molecule has 0 bridgehead atoms. The lowest BCUT2D eigenvalue weighted by molar-refractivity contribution is -0.139. The van der Waals surface area contributed by atoms with Crippen LogP contribution in [0.25, 0.3) is 0 Å². The minimum Gasteiger partial charge on any atom is -0.345 e. The summed E-state index contributed by atoms with van der Waals surface area (Å²) < 4.78 is 5.26. The number of benzene rings is 1. The summed E-state index contributed by atoms with van der Waals surface area (Å²) in [6, 6.07) is 9.72. The third-order valence-electron chi connectivity index (χ3n) is 2.06. The largest absolute Gasteiger partial charge is 0.345 e. The minimum atomic E-state index is -0.137. The smallest absolute Gasteiger partial charge is 0.226 e. The van der Waals surface area contributed by atoms with Crippen molar-refractivity contribution in [2.45, 2.75) is 12.6 Å². The fourth-order valence-electron chi connectivity index (χ4n) is 1.23. The number of hydrogen-bond acceptors (Lipinski definition) is 2. The normalized spacial score (nSPS) is 18.4. The van der Waals surface area contributed by atoms with Crippen molar-refractivity contribution in [3.63, 3.8) is 0 Å². The van der Waals surface area contributed by atoms with Gasteiger partial charge >= 0.3 is 0 Å². The standard InChI is InChI=1S/C12H11NO2/c14-11-9-12(13-11)15-8-4-7-10-5-2-1-3-6-10/h1-3,5-6,12H,8-9H2,(H,13,14). The third kappa shape index (κ3) is 2.83. The second-order valence-corrected chi connectivity index (χ2v) is 3.24. The lowest BCUT2D eigenvalue weighted by atomic mass is 10.2. The van der Waals surface area contributed by atoms with Crippen LogP contribution in [0, 0.1) is 11.8 Å². The summed E-state index contributed by atoms with van der Waals surface area (Å²) in [5.74, 6) is 5.90. The predicted octanol–water partition coefficient (Wildman–Crippen LogP) is 0.901. The molecule has 3 heteroatoms. The maximum absolute atomic E-state index is 10.5. The highest BCUT2D eigenvalue weighted by atomic mass is 16.5. The fraction of sp³-hybridized carbons (Fsp3) is 0.250. The van der Waals surface area contributed by atoms with Crippen molar-refractivity contribution in [2.75, 3.05) is 6.61 Å². The number of rotatable bonds is 2. The van der Waals surface area contributed by atoms with Gasteiger partial charge in [0.25, 0.3) is 0 Å². The Morgan fingerprint density at radius 2 is 2.13 bits per heavy atom. The van der Waals surface area contributed by atoms with E-state index in [0.29, 0.717) is 13.0 Å². The molecule has 15 heavy (non-hydrogen) atoms. The quantitative estimate of drug-likeness (QED) is 0.570. The van der Waals surface area contributed by atoms with E-state index >= 15 is 0 Å². The van der Waals surface area contributed by atoms with Crippen LogP contribution in [-0.2, 0) is 9.53 Å². The van der Waals surface area contributed by atoms with E-state index in [2.05, 4.69) is 17.2 Å². The van der Waals surface area contributed by atoms with Crippen molar-refractivity contribution in [1.29, 1.82) is 0 Å². The number of amides is 1. The molecule has 1 aromatic rings. The molecular formula is C12H11NO2. The molecule has 0 radical (unpaired) electrons. The third-order valence-corrected chi connectivity index (χ3v) is 2.06. The summed E-state index contributed by atoms with van der Waals surface area (Å²) in [4.78, 5) is 10.5. The van der Waals surface area contributed by atoms with Gasteiger partial charge < -0.3 is 10.1 Å². The Balaban J connectivity index is 1.74. The van der Waals surface area contributed by atoms with Gasteiger partial charge in [0.1, 0.15) is 12.8 Å². The van der Waals surface area contributed by atoms with E-state index in [-0.39, 0.29) is 12.1 Å². The topological polar surface area (TPSA) is 38.3 Å². The van der Waals surface area contributed by atoms with Crippen molar-refractivity contribution in [1.82, 2.24) is 5.32 Å². The van der Waals surface area contributed by atoms with Crippen LogP contribution in [0.2, 0.25) is 0 Å². The van der Waals surface area contributed by atoms with Gasteiger partial charge in [-0.05, 0) is 12.1 Å². The fourth-order valence-corrected chi connectivity index (χ4v) is 1.23. The Bertz CT molecular complexity index is 395. The number of hydrogen-bond donors (Lipinski definition) is 1. The molecule has 1 aliphatic heterocycles. The first-order valence-electron chi connectivity index (χ1n) is 4.79. The van der Waals surface area contributed by atoms with Gasteiger partial charge in [0, 0.05) is 5.56 Å². The average Bonchev–Trinajstić information content (AvgIpc) is 2.23. The van der Waals surface area contributed by atoms with Crippen LogP contribution in [0.15, 0.2) is 30.3 Å². The maximum Gasteiger partial charge on any atom is 0.226 e. The van der Waals surface area contributed by atoms with Crippen LogP contribution in [0.4, 0.5) is 0 Å². The van der Waals surface area contributed by atoms with Crippen molar-refractivity contribution >= 4 is 5.91 Å². The van der Waals surface area contributed by atoms with Crippen LogP contribution >= 0.6 is 0 Å². The van der Waals surface area contributed by atoms with Crippen LogP contribution in [0.3, 0.4) is 0 Å². The zero-order chi connectivity index (χ0) is 10.5. The predicted molar refractivity (Wildman–Crippen MR) is 55.8 cm³/mol. The molecule has 1 amide bonds. The van der Waals surface area contributed by atoms with E-state index in [1.54, 1.807) is 0 Å². The molecule has 0 saturated carbocycles. The van der Waals surface area contributed by atoms with Crippen molar-refractivity contribution in [3.05, 3.63) is 35.9 Å². The molecule has 1 fully saturated rings. The first kappa shape index (κ1) is 9.75. The van der Waals surface area contributed by atoms with Gasteiger partial charge in [0.2, 0.25) is 5.91 Å². The monoisotopic (exact) mass is 201 g/mol. The Morgan fingerprint density at radius 3 is 2.80 bits per heavy atom. The van der Waals surface area contributed by atoms with Crippen LogP contribution in [0.5, 0.6) is 0 Å². The first-order valence-corrected chi connectivity index (χ1v) is 4.79. The summed E-state index contributed by atoms with van der Waals surface area (Å²) in [5.41, 5.74) is 0.971. The Kier molecular flexibility index (Phi) is 3.01. The molecule has 1 atom stereocenters. The molecule has 0 aromatic heterocycles. The number of carbonyl (C=O) groups is 1. The van der Waals surface area contributed by atoms with Crippen molar-refractivity contribution < 1.29 is 9.53 Å². The first-order chi connectivity index (χ1) is 7.34. The molecule has 1 aliphatic rings. The molecule has 1 aromatic carbocycles. The highest BCUT2D eigenvalue weighted by Gasteiger charge is 2.24. The van der Waals surface area contributed by atoms with Gasteiger partial charge in [-0.25, -0.2) is 0 Å². The summed E-state index contributed by atoms with van der Waals surface area (Å²) in [6.07, 6.45) is 0.315. The van der Waals surface area contributed by atoms with Crippen LogP contribution in [0.1, 0.15) is 12.0 Å². The van der Waals surface area contributed by atoms with Crippen LogP contribution in [-0.4, -0.2) is 18.7 Å². The number of β-lactam (4-membered cyclic amide) rings is 1. The second-order valence-electron chi connectivity index (χ2n) is 3.24. The van der Waals surface area contributed by atoms with Gasteiger partial charge in [-0.3, -0.25) is 4.79 Å². The Morgan fingerprint density at radius 1 is 1.40 bits per heavy atom. The number of carbonyl (C=O) groups excluding carboxylic acids is 1. The molecule has 0 spiro atoms. The Hall–Kier alpha value is -1.79. The van der Waals surface area contributed by atoms with Gasteiger partial charge in [-0.1, -0.05) is 30.0 Å². The van der Waals surface area contributed by atoms with E-state index in [0.717, 1.165) is 5.56 Å². The van der Waals surface area contributed by atoms with E-state index in [1.807, 2.05) is 30.3 Å². The highest BCUT2D eigenvalue weighted by Crippen LogP contribution is 2.04. The molecule has 2 rings (SSSR count). The van der Waals surface area contributed by atoms with Gasteiger partial charge in [0.05, 0.1) is 6.42 Å². The van der Waals surface area contributed by atoms with Crippen molar-refractivity contribution in [2.24, 2.45) is 0 Å². The van der Waals surface area contributed by atoms with E-state index in [1.165, 1.54) is 0 Å². The number of ether oxygens (including phenoxy) is 1. The minimum absolute atomic E-state index is 0.0380. The molecule has 0 aliphatic carbocycles. The Labute approximate surface area is 88.4 Å². The second kappa shape index (κ2) is 4.63. The molecule has 1 unspecified atom stereocenters. The summed E-state index contributed by atoms with van der Waals surface area (Å²) in [6.45, 7) is 0.347. The number of nitrogens with one attached hydrogen (secondary N) is 1. The van der Waals surface area contributed by atoms with E-state index in [4.69, 9.17) is 4.74 Å². The summed E-state index contributed by atoms with van der Waals surface area (Å²) in [5, 5.41) is 2.61. The lowest BCUT2D eigenvalue weighted by Crippen LogP contribution is -2.50. The van der Waals surface area contributed by atoms with Crippen molar-refractivity contribution in [3.8, 4) is 11.8 Å². The average molecular weight is 201 g/mol. The van der Waals surface area contributed by atoms with Gasteiger partial charge in [-0.15, -0.1) is 0 Å². The molecule has 76 valence electrons. The van der Waals surface area contributed by atoms with Gasteiger partial charge in [0.15, 0.2) is 0 Å². The maximum atomic E-state index is 10.5. The summed E-state index contributed by atoms with van der Waals surface area (Å²) in [7, 11) is 0. The summed E-state index contributed by atoms with van der Waals surface area (Å²) >= 11 is 0. The highest BCUT2D eigenvalue weighted by molar-refractivity contribution is 5.82. The van der Waals surface area contributed by atoms with Crippen LogP contribution < -0.4 is 5.32 Å². The molecule has 1 heterocycles. The lowest BCUT2D eigenvalue weighted by Gasteiger charge is -2.25. The van der Waals surface area contributed by atoms with E-state index in [9.17, 15) is 4.79 Å². The molecule has 3 nitrogen and oxygen atoms in total. The zero-order valence-corrected chi connectivity index (χ0v) is 8.19. The SMILES string of the molecule is O=C1CC(OCC#Cc2ccccc2)N1. The zero-order valence-electron chi connectivity index (χ0n) is 8.19. The van der Waals surface area contributed by atoms with Gasteiger partial charge in [-0.2, -0.15) is 0 Å².